The van der Waals surface area contributed by atoms with Crippen LogP contribution in [0.4, 0.5) is 5.82 Å². The van der Waals surface area contributed by atoms with Gasteiger partial charge in [0, 0.05) is 38.8 Å². The molecule has 5 rings (SSSR count). The van der Waals surface area contributed by atoms with Gasteiger partial charge in [-0.05, 0) is 60.7 Å². The minimum atomic E-state index is 0.172. The number of carbonyl (C=O) groups is 1. The lowest BCUT2D eigenvalue weighted by Crippen LogP contribution is -2.46. The standard InChI is InChI=1S/C25H34N4OS/c1-24(2)14-18-15-25(3,16-24)17-29(18)23(30)19-7-8-20(21-6-5-13-31-21)26-22(19)28-11-9-27(4)10-12-28/h5-8,13,18H,9-12,14-17H2,1-4H3. The number of anilines is 1. The molecule has 1 aliphatic carbocycles. The third kappa shape index (κ3) is 4.00. The first-order chi connectivity index (χ1) is 14.7. The zero-order valence-electron chi connectivity index (χ0n) is 19.2. The molecule has 2 aliphatic heterocycles. The predicted molar refractivity (Wildman–Crippen MR) is 128 cm³/mol. The highest BCUT2D eigenvalue weighted by atomic mass is 32.1. The third-order valence-corrected chi connectivity index (χ3v) is 8.25. The van der Waals surface area contributed by atoms with E-state index < -0.39 is 0 Å². The normalized spacial score (nSPS) is 28.2. The molecule has 2 unspecified atom stereocenters. The molecule has 0 N–H and O–H groups in total. The van der Waals surface area contributed by atoms with E-state index in [1.807, 2.05) is 12.1 Å². The molecule has 3 aliphatic rings. The van der Waals surface area contributed by atoms with E-state index in [9.17, 15) is 4.79 Å². The highest BCUT2D eigenvalue weighted by Crippen LogP contribution is 2.53. The molecule has 2 aromatic rings. The summed E-state index contributed by atoms with van der Waals surface area (Å²) in [6.07, 6.45) is 3.42. The molecule has 166 valence electrons. The van der Waals surface area contributed by atoms with Crippen molar-refractivity contribution < 1.29 is 4.79 Å². The quantitative estimate of drug-likeness (QED) is 0.702. The average molecular weight is 439 g/mol. The smallest absolute Gasteiger partial charge is 0.257 e. The molecule has 0 aromatic carbocycles. The zero-order chi connectivity index (χ0) is 21.8. The molecule has 3 fully saturated rings. The van der Waals surface area contributed by atoms with Crippen molar-refractivity contribution in [1.82, 2.24) is 14.8 Å². The van der Waals surface area contributed by atoms with E-state index in [0.717, 1.165) is 67.5 Å². The Morgan fingerprint density at radius 3 is 2.58 bits per heavy atom. The Bertz CT molecular complexity index is 964. The number of hydrogen-bond donors (Lipinski definition) is 0. The molecule has 6 heteroatoms. The van der Waals surface area contributed by atoms with E-state index in [0.29, 0.717) is 11.5 Å². The number of amides is 1. The number of likely N-dealkylation sites (tertiary alicyclic amines) is 1. The van der Waals surface area contributed by atoms with Crippen LogP contribution in [0.1, 0.15) is 50.4 Å². The Kier molecular flexibility index (Phi) is 5.13. The molecule has 0 spiro atoms. The molecule has 2 bridgehead atoms. The molecule has 31 heavy (non-hydrogen) atoms. The van der Waals surface area contributed by atoms with Gasteiger partial charge in [-0.1, -0.05) is 26.8 Å². The first kappa shape index (κ1) is 21.0. The van der Waals surface area contributed by atoms with Crippen LogP contribution in [0.25, 0.3) is 10.6 Å². The second-order valence-corrected chi connectivity index (χ2v) is 11.9. The fraction of sp³-hybridized carbons (Fsp3) is 0.600. The summed E-state index contributed by atoms with van der Waals surface area (Å²) in [5, 5.41) is 2.08. The summed E-state index contributed by atoms with van der Waals surface area (Å²) in [4.78, 5) is 27.0. The summed E-state index contributed by atoms with van der Waals surface area (Å²) in [6.45, 7) is 11.8. The first-order valence-corrected chi connectivity index (χ1v) is 12.4. The molecule has 1 saturated carbocycles. The van der Waals surface area contributed by atoms with Crippen LogP contribution in [0.5, 0.6) is 0 Å². The second-order valence-electron chi connectivity index (χ2n) is 11.0. The summed E-state index contributed by atoms with van der Waals surface area (Å²) in [5.74, 6) is 1.04. The molecule has 4 heterocycles. The Balaban J connectivity index is 1.50. The van der Waals surface area contributed by atoms with Gasteiger partial charge >= 0.3 is 0 Å². The molecular formula is C25H34N4OS. The lowest BCUT2D eigenvalue weighted by molar-refractivity contribution is 0.0708. The van der Waals surface area contributed by atoms with Gasteiger partial charge in [0.1, 0.15) is 5.82 Å². The van der Waals surface area contributed by atoms with E-state index >= 15 is 0 Å². The highest BCUT2D eigenvalue weighted by Gasteiger charge is 2.51. The van der Waals surface area contributed by atoms with Crippen molar-refractivity contribution in [2.45, 2.75) is 46.1 Å². The van der Waals surface area contributed by atoms with Crippen molar-refractivity contribution in [3.05, 3.63) is 35.2 Å². The fourth-order valence-corrected chi connectivity index (χ4v) is 6.98. The number of aromatic nitrogens is 1. The summed E-state index contributed by atoms with van der Waals surface area (Å²) in [6, 6.07) is 8.58. The Hall–Kier alpha value is -1.92. The van der Waals surface area contributed by atoms with Crippen LogP contribution < -0.4 is 4.90 Å². The van der Waals surface area contributed by atoms with Crippen LogP contribution in [-0.4, -0.2) is 66.5 Å². The number of pyridine rings is 1. The van der Waals surface area contributed by atoms with Gasteiger partial charge in [0.05, 0.1) is 16.1 Å². The van der Waals surface area contributed by atoms with Crippen LogP contribution in [0.15, 0.2) is 29.6 Å². The fourth-order valence-electron chi connectivity index (χ4n) is 6.29. The number of hydrogen-bond acceptors (Lipinski definition) is 5. The van der Waals surface area contributed by atoms with E-state index in [4.69, 9.17) is 4.98 Å². The van der Waals surface area contributed by atoms with E-state index in [1.165, 1.54) is 6.42 Å². The molecule has 2 atom stereocenters. The summed E-state index contributed by atoms with van der Waals surface area (Å²) < 4.78 is 0. The Morgan fingerprint density at radius 1 is 1.10 bits per heavy atom. The van der Waals surface area contributed by atoms with Crippen LogP contribution in [0.2, 0.25) is 0 Å². The number of fused-ring (bicyclic) bond motifs is 2. The van der Waals surface area contributed by atoms with Gasteiger partial charge in [-0.2, -0.15) is 0 Å². The van der Waals surface area contributed by atoms with Crippen molar-refractivity contribution >= 4 is 23.1 Å². The van der Waals surface area contributed by atoms with Crippen LogP contribution in [0.3, 0.4) is 0 Å². The summed E-state index contributed by atoms with van der Waals surface area (Å²) in [7, 11) is 2.16. The minimum absolute atomic E-state index is 0.172. The molecule has 0 radical (unpaired) electrons. The Morgan fingerprint density at radius 2 is 1.87 bits per heavy atom. The maximum Gasteiger partial charge on any atom is 0.257 e. The van der Waals surface area contributed by atoms with Crippen LogP contribution in [0, 0.1) is 10.8 Å². The molecule has 5 nitrogen and oxygen atoms in total. The number of nitrogens with zero attached hydrogens (tertiary/aromatic N) is 4. The van der Waals surface area contributed by atoms with Gasteiger partial charge in [-0.3, -0.25) is 4.79 Å². The number of piperazine rings is 1. The van der Waals surface area contributed by atoms with Gasteiger partial charge in [0.2, 0.25) is 0 Å². The van der Waals surface area contributed by atoms with Gasteiger partial charge < -0.3 is 14.7 Å². The van der Waals surface area contributed by atoms with Crippen molar-refractivity contribution in [3.8, 4) is 10.6 Å². The lowest BCUT2D eigenvalue weighted by atomic mass is 9.65. The predicted octanol–water partition coefficient (Wildman–Crippen LogP) is 4.60. The lowest BCUT2D eigenvalue weighted by Gasteiger charge is -2.39. The third-order valence-electron chi connectivity index (χ3n) is 7.36. The topological polar surface area (TPSA) is 39.7 Å². The average Bonchev–Trinajstić information content (AvgIpc) is 3.33. The molecule has 2 aromatic heterocycles. The van der Waals surface area contributed by atoms with Crippen LogP contribution >= 0.6 is 11.3 Å². The highest BCUT2D eigenvalue weighted by molar-refractivity contribution is 7.13. The number of rotatable bonds is 3. The van der Waals surface area contributed by atoms with Gasteiger partial charge in [0.15, 0.2) is 0 Å². The SMILES string of the molecule is CN1CCN(c2nc(-c3cccs3)ccc2C(=O)N2CC3(C)CC2CC(C)(C)C3)CC1. The number of likely N-dealkylation sites (N-methyl/N-ethyl adjacent to an activating group) is 1. The van der Waals surface area contributed by atoms with Crippen LogP contribution in [-0.2, 0) is 0 Å². The van der Waals surface area contributed by atoms with Crippen molar-refractivity contribution in [2.75, 3.05) is 44.7 Å². The van der Waals surface area contributed by atoms with Crippen molar-refractivity contribution in [1.29, 1.82) is 0 Å². The minimum Gasteiger partial charge on any atom is -0.353 e. The second kappa shape index (κ2) is 7.59. The Labute approximate surface area is 190 Å². The van der Waals surface area contributed by atoms with E-state index in [2.05, 4.69) is 60.0 Å². The van der Waals surface area contributed by atoms with Gasteiger partial charge in [-0.15, -0.1) is 11.3 Å². The van der Waals surface area contributed by atoms with Gasteiger partial charge in [-0.25, -0.2) is 4.98 Å². The summed E-state index contributed by atoms with van der Waals surface area (Å²) >= 11 is 1.70. The first-order valence-electron chi connectivity index (χ1n) is 11.5. The molecular weight excluding hydrogens is 404 g/mol. The molecule has 1 amide bonds. The maximum absolute atomic E-state index is 13.9. The molecule has 2 saturated heterocycles. The van der Waals surface area contributed by atoms with Gasteiger partial charge in [0.25, 0.3) is 5.91 Å². The van der Waals surface area contributed by atoms with E-state index in [-0.39, 0.29) is 11.3 Å². The van der Waals surface area contributed by atoms with Crippen molar-refractivity contribution in [3.63, 3.8) is 0 Å². The number of carbonyl (C=O) groups excluding carboxylic acids is 1. The van der Waals surface area contributed by atoms with E-state index in [1.54, 1.807) is 11.3 Å². The summed E-state index contributed by atoms with van der Waals surface area (Å²) in [5.41, 5.74) is 2.28. The van der Waals surface area contributed by atoms with Crippen molar-refractivity contribution in [2.24, 2.45) is 10.8 Å². The monoisotopic (exact) mass is 438 g/mol. The maximum atomic E-state index is 13.9. The largest absolute Gasteiger partial charge is 0.353 e. The zero-order valence-corrected chi connectivity index (χ0v) is 20.0. The number of thiophene rings is 1.